The minimum absolute atomic E-state index is 0.0373. The topological polar surface area (TPSA) is 55.4 Å². The summed E-state index contributed by atoms with van der Waals surface area (Å²) >= 11 is 0. The van der Waals surface area contributed by atoms with Crippen LogP contribution in [0.2, 0.25) is 0 Å². The Morgan fingerprint density at radius 1 is 1.43 bits per heavy atom. The number of sulfonamides is 1. The van der Waals surface area contributed by atoms with Crippen molar-refractivity contribution in [1.29, 1.82) is 0 Å². The van der Waals surface area contributed by atoms with Crippen LogP contribution in [0.3, 0.4) is 0 Å². The molecule has 0 bridgehead atoms. The second-order valence-corrected chi connectivity index (χ2v) is 5.12. The first kappa shape index (κ1) is 13.4. The highest BCUT2D eigenvalue weighted by Gasteiger charge is 2.12. The minimum Gasteiger partial charge on any atom is -0.378 e. The molecule has 1 unspecified atom stereocenters. The highest BCUT2D eigenvalue weighted by atomic mass is 32.2. The number of hydrogen-bond donors (Lipinski definition) is 1. The minimum atomic E-state index is -3.31. The lowest BCUT2D eigenvalue weighted by Gasteiger charge is -2.10. The molecule has 5 heteroatoms. The third-order valence-electron chi connectivity index (χ3n) is 1.41. The van der Waals surface area contributed by atoms with Crippen LogP contribution >= 0.6 is 0 Å². The maximum Gasteiger partial charge on any atom is 0.214 e. The van der Waals surface area contributed by atoms with E-state index in [-0.39, 0.29) is 18.5 Å². The van der Waals surface area contributed by atoms with Crippen LogP contribution in [0.5, 0.6) is 0 Å². The van der Waals surface area contributed by atoms with E-state index in [0.717, 1.165) is 0 Å². The van der Waals surface area contributed by atoms with Crippen LogP contribution in [0.1, 0.15) is 20.8 Å². The van der Waals surface area contributed by atoms with Crippen molar-refractivity contribution in [2.24, 2.45) is 0 Å². The highest BCUT2D eigenvalue weighted by Crippen LogP contribution is 1.92. The van der Waals surface area contributed by atoms with Crippen molar-refractivity contribution in [1.82, 2.24) is 4.72 Å². The van der Waals surface area contributed by atoms with Gasteiger partial charge in [0.05, 0.1) is 24.5 Å². The maximum atomic E-state index is 11.3. The quantitative estimate of drug-likeness (QED) is 0.656. The lowest BCUT2D eigenvalue weighted by atomic mass is 10.4. The van der Waals surface area contributed by atoms with Crippen molar-refractivity contribution >= 4 is 10.0 Å². The van der Waals surface area contributed by atoms with Gasteiger partial charge >= 0.3 is 0 Å². The average Bonchev–Trinajstić information content (AvgIpc) is 2.02. The highest BCUT2D eigenvalue weighted by molar-refractivity contribution is 7.89. The Morgan fingerprint density at radius 3 is 2.43 bits per heavy atom. The van der Waals surface area contributed by atoms with Gasteiger partial charge in [-0.05, 0) is 20.8 Å². The van der Waals surface area contributed by atoms with Crippen LogP contribution in [0.15, 0.2) is 0 Å². The predicted octanol–water partition coefficient (Wildman–Crippen LogP) is 0.353. The van der Waals surface area contributed by atoms with Crippen molar-refractivity contribution in [3.05, 3.63) is 0 Å². The molecular weight excluding hydrogens is 202 g/mol. The van der Waals surface area contributed by atoms with Crippen LogP contribution in [0.4, 0.5) is 0 Å². The molecule has 0 rings (SSSR count). The molecule has 0 radical (unpaired) electrons. The van der Waals surface area contributed by atoms with Gasteiger partial charge in [-0.1, -0.05) is 5.92 Å². The average molecular weight is 219 g/mol. The lowest BCUT2D eigenvalue weighted by Crippen LogP contribution is -2.34. The van der Waals surface area contributed by atoms with Crippen LogP contribution in [0.25, 0.3) is 0 Å². The van der Waals surface area contributed by atoms with Crippen molar-refractivity contribution in [3.8, 4) is 12.3 Å². The molecular formula is C9H17NO3S. The Morgan fingerprint density at radius 2 is 2.00 bits per heavy atom. The molecule has 0 heterocycles. The molecule has 0 saturated carbocycles. The van der Waals surface area contributed by atoms with E-state index < -0.39 is 16.1 Å². The van der Waals surface area contributed by atoms with E-state index in [9.17, 15) is 8.42 Å². The van der Waals surface area contributed by atoms with Gasteiger partial charge in [-0.3, -0.25) is 0 Å². The fourth-order valence-corrected chi connectivity index (χ4v) is 1.80. The van der Waals surface area contributed by atoms with Crippen molar-refractivity contribution in [2.75, 3.05) is 12.4 Å². The Balaban J connectivity index is 3.92. The molecule has 0 spiro atoms. The third kappa shape index (κ3) is 6.89. The second kappa shape index (κ2) is 6.02. The summed E-state index contributed by atoms with van der Waals surface area (Å²) in [6.45, 7) is 5.50. The van der Waals surface area contributed by atoms with Gasteiger partial charge in [0.15, 0.2) is 0 Å². The predicted molar refractivity (Wildman–Crippen MR) is 56.3 cm³/mol. The molecule has 0 aliphatic carbocycles. The normalized spacial score (nSPS) is 13.9. The number of nitrogens with one attached hydrogen (secondary N) is 1. The summed E-state index contributed by atoms with van der Waals surface area (Å²) in [5, 5.41) is 0. The van der Waals surface area contributed by atoms with E-state index in [1.807, 2.05) is 13.8 Å². The van der Waals surface area contributed by atoms with Crippen molar-refractivity contribution in [2.45, 2.75) is 32.9 Å². The number of hydrogen-bond acceptors (Lipinski definition) is 3. The first-order valence-electron chi connectivity index (χ1n) is 4.45. The SMILES string of the molecule is C#CC(C)NS(=O)(=O)CCOC(C)C. The Hall–Kier alpha value is -0.570. The van der Waals surface area contributed by atoms with Gasteiger partial charge < -0.3 is 4.74 Å². The fraction of sp³-hybridized carbons (Fsp3) is 0.778. The molecule has 4 nitrogen and oxygen atoms in total. The van der Waals surface area contributed by atoms with E-state index in [4.69, 9.17) is 11.2 Å². The van der Waals surface area contributed by atoms with Gasteiger partial charge in [0, 0.05) is 0 Å². The summed E-state index contributed by atoms with van der Waals surface area (Å²) in [6, 6.07) is -0.473. The molecule has 0 aromatic heterocycles. The zero-order valence-electron chi connectivity index (χ0n) is 8.78. The monoisotopic (exact) mass is 219 g/mol. The molecule has 1 N–H and O–H groups in total. The van der Waals surface area contributed by atoms with Crippen molar-refractivity contribution in [3.63, 3.8) is 0 Å². The Labute approximate surface area is 86.1 Å². The largest absolute Gasteiger partial charge is 0.378 e. The summed E-state index contributed by atoms with van der Waals surface area (Å²) in [5.41, 5.74) is 0. The molecule has 0 aliphatic rings. The molecule has 0 fully saturated rings. The van der Waals surface area contributed by atoms with Crippen molar-refractivity contribution < 1.29 is 13.2 Å². The summed E-state index contributed by atoms with van der Waals surface area (Å²) in [7, 11) is -3.31. The molecule has 0 saturated heterocycles. The smallest absolute Gasteiger partial charge is 0.214 e. The van der Waals surface area contributed by atoms with E-state index in [1.54, 1.807) is 6.92 Å². The zero-order valence-corrected chi connectivity index (χ0v) is 9.60. The molecule has 82 valence electrons. The third-order valence-corrected chi connectivity index (χ3v) is 2.83. The van der Waals surface area contributed by atoms with E-state index in [2.05, 4.69) is 10.6 Å². The zero-order chi connectivity index (χ0) is 11.2. The molecule has 0 aromatic carbocycles. The van der Waals surface area contributed by atoms with E-state index in [1.165, 1.54) is 0 Å². The number of ether oxygens (including phenoxy) is 1. The molecule has 0 aromatic rings. The second-order valence-electron chi connectivity index (χ2n) is 3.24. The van der Waals surface area contributed by atoms with E-state index >= 15 is 0 Å². The van der Waals surface area contributed by atoms with Gasteiger partial charge in [0.1, 0.15) is 0 Å². The van der Waals surface area contributed by atoms with Crippen LogP contribution in [-0.2, 0) is 14.8 Å². The van der Waals surface area contributed by atoms with Crippen LogP contribution in [0, 0.1) is 12.3 Å². The van der Waals surface area contributed by atoms with Gasteiger partial charge in [-0.25, -0.2) is 13.1 Å². The Kier molecular flexibility index (Phi) is 5.77. The van der Waals surface area contributed by atoms with E-state index in [0.29, 0.717) is 0 Å². The van der Waals surface area contributed by atoms with Gasteiger partial charge in [-0.15, -0.1) is 6.42 Å². The van der Waals surface area contributed by atoms with Gasteiger partial charge in [-0.2, -0.15) is 0 Å². The van der Waals surface area contributed by atoms with Crippen LogP contribution < -0.4 is 4.72 Å². The molecule has 0 aliphatic heterocycles. The summed E-state index contributed by atoms with van der Waals surface area (Å²) < 4.78 is 30.0. The lowest BCUT2D eigenvalue weighted by molar-refractivity contribution is 0.0911. The fourth-order valence-electron chi connectivity index (χ4n) is 0.756. The first-order chi connectivity index (χ1) is 6.37. The summed E-state index contributed by atoms with van der Waals surface area (Å²) in [5.74, 6) is 2.23. The number of rotatable bonds is 6. The molecule has 1 atom stereocenters. The molecule has 0 amide bonds. The first-order valence-corrected chi connectivity index (χ1v) is 6.10. The van der Waals surface area contributed by atoms with Gasteiger partial charge in [0.25, 0.3) is 0 Å². The number of terminal acetylenes is 1. The van der Waals surface area contributed by atoms with Crippen LogP contribution in [-0.4, -0.2) is 32.9 Å². The summed E-state index contributed by atoms with van der Waals surface area (Å²) in [6.07, 6.45) is 5.09. The Bertz CT molecular complexity index is 290. The maximum absolute atomic E-state index is 11.3. The molecule has 14 heavy (non-hydrogen) atoms. The van der Waals surface area contributed by atoms with Gasteiger partial charge in [0.2, 0.25) is 10.0 Å². The standard InChI is InChI=1S/C9H17NO3S/c1-5-9(4)10-14(11,12)7-6-13-8(2)3/h1,8-10H,6-7H2,2-4H3. The summed E-state index contributed by atoms with van der Waals surface area (Å²) in [4.78, 5) is 0.